The zero-order valence-corrected chi connectivity index (χ0v) is 9.67. The van der Waals surface area contributed by atoms with Crippen molar-refractivity contribution in [2.45, 2.75) is 18.9 Å². The fourth-order valence-corrected chi connectivity index (χ4v) is 2.40. The Hall–Kier alpha value is -1.98. The molecule has 0 spiro atoms. The standard InChI is InChI=1S/C12H12FN3O2/c13-9-2-1-5-14-12(9)15-6-8(7-15)16-10(17)3-4-11(16)18/h1-2,5,8H,3-4,6-7H2. The van der Waals surface area contributed by atoms with Crippen molar-refractivity contribution >= 4 is 17.6 Å². The van der Waals surface area contributed by atoms with Gasteiger partial charge in [0.05, 0.1) is 6.04 Å². The lowest BCUT2D eigenvalue weighted by Crippen LogP contribution is -2.61. The van der Waals surface area contributed by atoms with Crippen LogP contribution in [0.3, 0.4) is 0 Å². The van der Waals surface area contributed by atoms with Crippen LogP contribution in [0.4, 0.5) is 10.2 Å². The lowest BCUT2D eigenvalue weighted by Gasteiger charge is -2.43. The number of aromatic nitrogens is 1. The first-order chi connectivity index (χ1) is 8.66. The maximum atomic E-state index is 13.5. The van der Waals surface area contributed by atoms with E-state index in [-0.39, 0.29) is 29.5 Å². The number of hydrogen-bond acceptors (Lipinski definition) is 4. The number of amides is 2. The van der Waals surface area contributed by atoms with Gasteiger partial charge in [0.1, 0.15) is 0 Å². The van der Waals surface area contributed by atoms with Gasteiger partial charge in [0.2, 0.25) is 11.8 Å². The second-order valence-electron chi connectivity index (χ2n) is 4.53. The summed E-state index contributed by atoms with van der Waals surface area (Å²) in [5.41, 5.74) is 0. The molecule has 1 aromatic rings. The van der Waals surface area contributed by atoms with Gasteiger partial charge in [-0.1, -0.05) is 0 Å². The molecule has 2 aliphatic heterocycles. The Kier molecular flexibility index (Phi) is 2.50. The Bertz CT molecular complexity index is 498. The minimum atomic E-state index is -0.380. The first kappa shape index (κ1) is 11.1. The Morgan fingerprint density at radius 2 is 1.89 bits per heavy atom. The third-order valence-corrected chi connectivity index (χ3v) is 3.36. The van der Waals surface area contributed by atoms with E-state index < -0.39 is 0 Å². The molecule has 3 heterocycles. The number of halogens is 1. The summed E-state index contributed by atoms with van der Waals surface area (Å²) in [5, 5.41) is 0. The molecule has 2 aliphatic rings. The summed E-state index contributed by atoms with van der Waals surface area (Å²) in [7, 11) is 0. The zero-order valence-electron chi connectivity index (χ0n) is 9.67. The number of hydrogen-bond donors (Lipinski definition) is 0. The summed E-state index contributed by atoms with van der Waals surface area (Å²) in [6.45, 7) is 0.927. The smallest absolute Gasteiger partial charge is 0.230 e. The van der Waals surface area contributed by atoms with E-state index in [9.17, 15) is 14.0 Å². The number of nitrogens with zero attached hydrogens (tertiary/aromatic N) is 3. The Labute approximate surface area is 103 Å². The molecule has 0 bridgehead atoms. The van der Waals surface area contributed by atoms with Gasteiger partial charge >= 0.3 is 0 Å². The molecule has 94 valence electrons. The molecular formula is C12H12FN3O2. The van der Waals surface area contributed by atoms with Gasteiger partial charge in [-0.25, -0.2) is 9.37 Å². The van der Waals surface area contributed by atoms with Crippen molar-refractivity contribution in [1.29, 1.82) is 0 Å². The molecule has 0 atom stereocenters. The van der Waals surface area contributed by atoms with Gasteiger partial charge < -0.3 is 4.90 Å². The average Bonchev–Trinajstić information content (AvgIpc) is 2.61. The second kappa shape index (κ2) is 4.04. The molecule has 0 saturated carbocycles. The third-order valence-electron chi connectivity index (χ3n) is 3.36. The average molecular weight is 249 g/mol. The van der Waals surface area contributed by atoms with E-state index >= 15 is 0 Å². The van der Waals surface area contributed by atoms with Crippen molar-refractivity contribution in [1.82, 2.24) is 9.88 Å². The third kappa shape index (κ3) is 1.64. The van der Waals surface area contributed by atoms with Crippen molar-refractivity contribution in [3.63, 3.8) is 0 Å². The Balaban J connectivity index is 1.69. The van der Waals surface area contributed by atoms with Crippen LogP contribution in [0.2, 0.25) is 0 Å². The van der Waals surface area contributed by atoms with Crippen LogP contribution < -0.4 is 4.90 Å². The van der Waals surface area contributed by atoms with Crippen LogP contribution >= 0.6 is 0 Å². The number of anilines is 1. The molecule has 3 rings (SSSR count). The molecule has 2 fully saturated rings. The zero-order chi connectivity index (χ0) is 12.7. The predicted octanol–water partition coefficient (Wildman–Crippen LogP) is 0.558. The number of carbonyl (C=O) groups is 2. The summed E-state index contributed by atoms with van der Waals surface area (Å²) >= 11 is 0. The number of carbonyl (C=O) groups excluding carboxylic acids is 2. The highest BCUT2D eigenvalue weighted by atomic mass is 19.1. The van der Waals surface area contributed by atoms with Crippen LogP contribution in [0, 0.1) is 5.82 Å². The maximum Gasteiger partial charge on any atom is 0.230 e. The highest BCUT2D eigenvalue weighted by Crippen LogP contribution is 2.27. The summed E-state index contributed by atoms with van der Waals surface area (Å²) in [6.07, 6.45) is 2.12. The SMILES string of the molecule is O=C1CCC(=O)N1C1CN(c2ncccc2F)C1. The molecule has 0 radical (unpaired) electrons. The largest absolute Gasteiger partial charge is 0.350 e. The van der Waals surface area contributed by atoms with Crippen molar-refractivity contribution in [3.05, 3.63) is 24.1 Å². The molecule has 0 N–H and O–H groups in total. The van der Waals surface area contributed by atoms with Crippen LogP contribution in [0.25, 0.3) is 0 Å². The van der Waals surface area contributed by atoms with E-state index in [2.05, 4.69) is 4.98 Å². The minimum Gasteiger partial charge on any atom is -0.350 e. The summed E-state index contributed by atoms with van der Waals surface area (Å²) in [4.78, 5) is 30.1. The number of pyridine rings is 1. The molecule has 0 unspecified atom stereocenters. The quantitative estimate of drug-likeness (QED) is 0.719. The molecular weight excluding hydrogens is 237 g/mol. The van der Waals surface area contributed by atoms with Crippen molar-refractivity contribution < 1.29 is 14.0 Å². The fourth-order valence-electron chi connectivity index (χ4n) is 2.40. The van der Waals surface area contributed by atoms with Crippen LogP contribution in [0.5, 0.6) is 0 Å². The molecule has 2 amide bonds. The van der Waals surface area contributed by atoms with E-state index in [4.69, 9.17) is 0 Å². The second-order valence-corrected chi connectivity index (χ2v) is 4.53. The minimum absolute atomic E-state index is 0.119. The first-order valence-electron chi connectivity index (χ1n) is 5.87. The van der Waals surface area contributed by atoms with E-state index in [1.165, 1.54) is 23.2 Å². The van der Waals surface area contributed by atoms with Gasteiger partial charge in [-0.05, 0) is 12.1 Å². The van der Waals surface area contributed by atoms with Gasteiger partial charge in [0.15, 0.2) is 11.6 Å². The number of likely N-dealkylation sites (tertiary alicyclic amines) is 1. The van der Waals surface area contributed by atoms with Crippen molar-refractivity contribution in [2.75, 3.05) is 18.0 Å². The fraction of sp³-hybridized carbons (Fsp3) is 0.417. The molecule has 18 heavy (non-hydrogen) atoms. The highest BCUT2D eigenvalue weighted by molar-refractivity contribution is 6.02. The molecule has 2 saturated heterocycles. The van der Waals surface area contributed by atoms with Gasteiger partial charge in [-0.15, -0.1) is 0 Å². The maximum absolute atomic E-state index is 13.5. The van der Waals surface area contributed by atoms with Crippen LogP contribution in [0.1, 0.15) is 12.8 Å². The first-order valence-corrected chi connectivity index (χ1v) is 5.87. The van der Waals surface area contributed by atoms with E-state index in [1.807, 2.05) is 0 Å². The van der Waals surface area contributed by atoms with Crippen molar-refractivity contribution in [3.8, 4) is 0 Å². The predicted molar refractivity (Wildman–Crippen MR) is 61.3 cm³/mol. The van der Waals surface area contributed by atoms with Crippen LogP contribution in [0.15, 0.2) is 18.3 Å². The monoisotopic (exact) mass is 249 g/mol. The Morgan fingerprint density at radius 1 is 1.22 bits per heavy atom. The molecule has 5 nitrogen and oxygen atoms in total. The molecule has 6 heteroatoms. The van der Waals surface area contributed by atoms with Gasteiger partial charge in [0.25, 0.3) is 0 Å². The normalized spacial score (nSPS) is 20.5. The van der Waals surface area contributed by atoms with E-state index in [0.29, 0.717) is 25.9 Å². The highest BCUT2D eigenvalue weighted by Gasteiger charge is 2.42. The van der Waals surface area contributed by atoms with Crippen LogP contribution in [-0.2, 0) is 9.59 Å². The van der Waals surface area contributed by atoms with E-state index in [0.717, 1.165) is 0 Å². The van der Waals surface area contributed by atoms with Crippen LogP contribution in [-0.4, -0.2) is 40.8 Å². The molecule has 1 aromatic heterocycles. The number of imide groups is 1. The van der Waals surface area contributed by atoms with Gasteiger partial charge in [-0.2, -0.15) is 0 Å². The number of rotatable bonds is 2. The topological polar surface area (TPSA) is 53.5 Å². The van der Waals surface area contributed by atoms with Gasteiger partial charge in [0, 0.05) is 32.1 Å². The molecule has 0 aromatic carbocycles. The van der Waals surface area contributed by atoms with E-state index in [1.54, 1.807) is 4.90 Å². The van der Waals surface area contributed by atoms with Gasteiger partial charge in [-0.3, -0.25) is 14.5 Å². The summed E-state index contributed by atoms with van der Waals surface area (Å²) in [6, 6.07) is 2.75. The summed E-state index contributed by atoms with van der Waals surface area (Å²) < 4.78 is 13.5. The summed E-state index contributed by atoms with van der Waals surface area (Å²) in [5.74, 6) is -0.333. The Morgan fingerprint density at radius 3 is 2.50 bits per heavy atom. The lowest BCUT2D eigenvalue weighted by atomic mass is 10.1. The molecule has 0 aliphatic carbocycles. The lowest BCUT2D eigenvalue weighted by molar-refractivity contribution is -0.141. The van der Waals surface area contributed by atoms with Crippen molar-refractivity contribution in [2.24, 2.45) is 0 Å².